The second-order valence-electron chi connectivity index (χ2n) is 5.94. The van der Waals surface area contributed by atoms with Gasteiger partial charge in [-0.05, 0) is 49.1 Å². The van der Waals surface area contributed by atoms with E-state index in [1.807, 2.05) is 0 Å². The Morgan fingerprint density at radius 1 is 1.09 bits per heavy atom. The normalized spacial score (nSPS) is 22.9. The summed E-state index contributed by atoms with van der Waals surface area (Å²) in [5.74, 6) is -0.730. The second kappa shape index (κ2) is 7.41. The molecular weight excluding hydrogens is 318 g/mol. The van der Waals surface area contributed by atoms with Crippen LogP contribution in [0.3, 0.4) is 0 Å². The molecule has 0 N–H and O–H groups in total. The van der Waals surface area contributed by atoms with Crippen LogP contribution in [-0.4, -0.2) is 6.18 Å². The third-order valence-corrected chi connectivity index (χ3v) is 4.26. The van der Waals surface area contributed by atoms with Crippen molar-refractivity contribution in [2.75, 3.05) is 0 Å². The fraction of sp³-hybridized carbons (Fsp3) is 0.529. The molecule has 6 heteroatoms. The van der Waals surface area contributed by atoms with Gasteiger partial charge in [0.25, 0.3) is 6.43 Å². The van der Waals surface area contributed by atoms with Gasteiger partial charge in [-0.1, -0.05) is 24.3 Å². The van der Waals surface area contributed by atoms with Gasteiger partial charge in [0.1, 0.15) is 5.82 Å². The summed E-state index contributed by atoms with van der Waals surface area (Å²) in [5.41, 5.74) is 0.0853. The molecule has 0 atom stereocenters. The zero-order valence-electron chi connectivity index (χ0n) is 12.4. The van der Waals surface area contributed by atoms with Gasteiger partial charge in [-0.2, -0.15) is 13.2 Å². The molecule has 1 aliphatic carbocycles. The minimum Gasteiger partial charge on any atom is -0.206 e. The quantitative estimate of drug-likeness (QED) is 0.432. The number of halogens is 6. The lowest BCUT2D eigenvalue weighted by atomic mass is 9.78. The number of benzene rings is 1. The Bertz CT molecular complexity index is 539. The van der Waals surface area contributed by atoms with Crippen LogP contribution in [0.5, 0.6) is 0 Å². The van der Waals surface area contributed by atoms with Crippen molar-refractivity contribution in [2.24, 2.45) is 5.92 Å². The van der Waals surface area contributed by atoms with Crippen molar-refractivity contribution in [3.8, 4) is 0 Å². The summed E-state index contributed by atoms with van der Waals surface area (Å²) in [6, 6.07) is 3.80. The molecular formula is C17H18F6. The number of hydrogen-bond donors (Lipinski definition) is 0. The van der Waals surface area contributed by atoms with E-state index in [0.717, 1.165) is 31.1 Å². The highest BCUT2D eigenvalue weighted by Gasteiger charge is 2.26. The lowest BCUT2D eigenvalue weighted by molar-refractivity contribution is -0.125. The summed E-state index contributed by atoms with van der Waals surface area (Å²) in [7, 11) is 0. The Balaban J connectivity index is 1.90. The van der Waals surface area contributed by atoms with Gasteiger partial charge >= 0.3 is 6.18 Å². The summed E-state index contributed by atoms with van der Waals surface area (Å²) in [5, 5.41) is 0. The molecule has 0 amide bonds. The fourth-order valence-corrected chi connectivity index (χ4v) is 3.01. The maximum Gasteiger partial charge on any atom is 0.392 e. The summed E-state index contributed by atoms with van der Waals surface area (Å²) >= 11 is 0. The molecule has 1 fully saturated rings. The van der Waals surface area contributed by atoms with Gasteiger partial charge < -0.3 is 0 Å². The number of alkyl halides is 5. The third kappa shape index (κ3) is 5.29. The van der Waals surface area contributed by atoms with E-state index in [0.29, 0.717) is 18.4 Å². The van der Waals surface area contributed by atoms with Crippen molar-refractivity contribution < 1.29 is 26.3 Å². The predicted molar refractivity (Wildman–Crippen MR) is 75.9 cm³/mol. The molecule has 0 unspecified atom stereocenters. The lowest BCUT2D eigenvalue weighted by Gasteiger charge is -2.27. The van der Waals surface area contributed by atoms with Crippen LogP contribution in [0.25, 0.3) is 0 Å². The first-order valence-corrected chi connectivity index (χ1v) is 7.57. The molecule has 2 rings (SSSR count). The van der Waals surface area contributed by atoms with Gasteiger partial charge in [0.15, 0.2) is 0 Å². The molecule has 0 saturated heterocycles. The summed E-state index contributed by atoms with van der Waals surface area (Å²) in [6.07, 6.45) is -2.31. The van der Waals surface area contributed by atoms with E-state index in [4.69, 9.17) is 0 Å². The summed E-state index contributed by atoms with van der Waals surface area (Å²) in [4.78, 5) is 0. The third-order valence-electron chi connectivity index (χ3n) is 4.26. The van der Waals surface area contributed by atoms with Crippen molar-refractivity contribution in [3.63, 3.8) is 0 Å². The second-order valence-corrected chi connectivity index (χ2v) is 5.94. The van der Waals surface area contributed by atoms with Crippen LogP contribution in [0.15, 0.2) is 30.4 Å². The molecule has 1 saturated carbocycles. The zero-order valence-corrected chi connectivity index (χ0v) is 12.4. The first-order valence-electron chi connectivity index (χ1n) is 7.57. The molecule has 0 bridgehead atoms. The van der Waals surface area contributed by atoms with E-state index in [1.165, 1.54) is 6.07 Å². The SMILES string of the molecule is Fc1cc([C@H]2CC[C@H](C=CCC(F)(F)F)CC2)ccc1C(F)F. The van der Waals surface area contributed by atoms with Gasteiger partial charge in [0.2, 0.25) is 0 Å². The molecule has 0 nitrogen and oxygen atoms in total. The van der Waals surface area contributed by atoms with E-state index >= 15 is 0 Å². The highest BCUT2D eigenvalue weighted by molar-refractivity contribution is 5.28. The fourth-order valence-electron chi connectivity index (χ4n) is 3.01. The molecule has 0 radical (unpaired) electrons. The highest BCUT2D eigenvalue weighted by atomic mass is 19.4. The van der Waals surface area contributed by atoms with E-state index in [2.05, 4.69) is 0 Å². The Morgan fingerprint density at radius 2 is 1.74 bits per heavy atom. The Hall–Kier alpha value is -1.46. The van der Waals surface area contributed by atoms with Crippen LogP contribution in [0.2, 0.25) is 0 Å². The van der Waals surface area contributed by atoms with E-state index in [-0.39, 0.29) is 11.8 Å². The molecule has 1 aromatic carbocycles. The average Bonchev–Trinajstić information content (AvgIpc) is 2.46. The molecule has 0 aromatic heterocycles. The molecule has 0 heterocycles. The van der Waals surface area contributed by atoms with Crippen molar-refractivity contribution >= 4 is 0 Å². The number of rotatable bonds is 4. The van der Waals surface area contributed by atoms with Gasteiger partial charge in [-0.3, -0.25) is 0 Å². The highest BCUT2D eigenvalue weighted by Crippen LogP contribution is 2.37. The Labute approximate surface area is 131 Å². The standard InChI is InChI=1S/C17H18F6/c18-15-10-13(7-8-14(15)16(19)20)12-5-3-11(4-6-12)2-1-9-17(21,22)23/h1-2,7-8,10-12,16H,3-6,9H2/t11-,12-. The minimum atomic E-state index is -4.18. The first-order chi connectivity index (χ1) is 10.8. The summed E-state index contributed by atoms with van der Waals surface area (Å²) in [6.45, 7) is 0. The average molecular weight is 336 g/mol. The Kier molecular flexibility index (Phi) is 5.76. The Morgan fingerprint density at radius 3 is 2.26 bits per heavy atom. The van der Waals surface area contributed by atoms with Crippen LogP contribution in [0.1, 0.15) is 55.6 Å². The molecule has 23 heavy (non-hydrogen) atoms. The van der Waals surface area contributed by atoms with Crippen molar-refractivity contribution in [1.29, 1.82) is 0 Å². The lowest BCUT2D eigenvalue weighted by Crippen LogP contribution is -2.12. The van der Waals surface area contributed by atoms with Crippen LogP contribution in [-0.2, 0) is 0 Å². The van der Waals surface area contributed by atoms with E-state index in [9.17, 15) is 26.3 Å². The van der Waals surface area contributed by atoms with Crippen LogP contribution in [0.4, 0.5) is 26.3 Å². The first kappa shape index (κ1) is 17.9. The van der Waals surface area contributed by atoms with Crippen molar-refractivity contribution in [2.45, 2.75) is 50.6 Å². The van der Waals surface area contributed by atoms with Crippen LogP contribution in [0, 0.1) is 11.7 Å². The molecule has 0 aliphatic heterocycles. The summed E-state index contributed by atoms with van der Waals surface area (Å²) < 4.78 is 74.9. The predicted octanol–water partition coefficient (Wildman–Crippen LogP) is 6.55. The van der Waals surface area contributed by atoms with Gasteiger partial charge in [0.05, 0.1) is 12.0 Å². The minimum absolute atomic E-state index is 0.0727. The van der Waals surface area contributed by atoms with E-state index in [1.54, 1.807) is 6.08 Å². The molecule has 1 aromatic rings. The topological polar surface area (TPSA) is 0 Å². The van der Waals surface area contributed by atoms with E-state index < -0.39 is 30.4 Å². The van der Waals surface area contributed by atoms with Gasteiger partial charge in [0, 0.05) is 0 Å². The molecule has 0 spiro atoms. The maximum atomic E-state index is 13.6. The largest absolute Gasteiger partial charge is 0.392 e. The molecule has 1 aliphatic rings. The monoisotopic (exact) mass is 336 g/mol. The maximum absolute atomic E-state index is 13.6. The van der Waals surface area contributed by atoms with Gasteiger partial charge in [-0.15, -0.1) is 0 Å². The smallest absolute Gasteiger partial charge is 0.206 e. The molecule has 128 valence electrons. The number of allylic oxidation sites excluding steroid dienone is 2. The van der Waals surface area contributed by atoms with Crippen LogP contribution >= 0.6 is 0 Å². The zero-order chi connectivity index (χ0) is 17.0. The van der Waals surface area contributed by atoms with Crippen molar-refractivity contribution in [1.82, 2.24) is 0 Å². The number of hydrogen-bond acceptors (Lipinski definition) is 0. The van der Waals surface area contributed by atoms with Crippen molar-refractivity contribution in [3.05, 3.63) is 47.3 Å². The van der Waals surface area contributed by atoms with Crippen LogP contribution < -0.4 is 0 Å². The van der Waals surface area contributed by atoms with Gasteiger partial charge in [-0.25, -0.2) is 13.2 Å².